The smallest absolute Gasteiger partial charge is 0.226 e. The van der Waals surface area contributed by atoms with Crippen LogP contribution in [-0.2, 0) is 80.0 Å². The zero-order valence-corrected chi connectivity index (χ0v) is 71.5. The van der Waals surface area contributed by atoms with Crippen molar-refractivity contribution in [2.75, 3.05) is 78.5 Å². The fourth-order valence-electron chi connectivity index (χ4n) is 19.1. The average molecular weight is 1690 g/mol. The lowest BCUT2D eigenvalue weighted by atomic mass is 9.93. The number of benzene rings is 2. The predicted octanol–water partition coefficient (Wildman–Crippen LogP) is -1.32. The van der Waals surface area contributed by atoms with Gasteiger partial charge in [0.1, 0.15) is 5.75 Å². The first-order valence-corrected chi connectivity index (χ1v) is 44.4. The fraction of sp³-hybridized carbons (Fsp3) is 0.701. The molecule has 0 aromatic heterocycles. The maximum Gasteiger partial charge on any atom is 0.226 e. The van der Waals surface area contributed by atoms with Crippen molar-refractivity contribution < 1.29 is 72.2 Å². The SMILES string of the molecule is CCC(C)C[C@@H](CC(=O)NC1CCCC1C(=O)NC[C@H](CC(C)C)C(=O)NC1CNCC1C(=O)NC1CNCC1C(=O)N[C@H](CC(=O)NC1CCCC1C(=O)NC[C@H](Cc1ccc(O)cc1)C(=O)NC1CNCC1C(=O)NC1CNCC1C(=O)N[C@H](CC(=O)NC1CNCC1C(N)=O)CC(C)C)Cc1ccccc1)NC(=O)C1CCCC1NC(C)=O. The molecule has 0 radical (unpaired) electrons. The summed E-state index contributed by atoms with van der Waals surface area (Å²) in [6.45, 7) is 16.3. The molecule has 0 bridgehead atoms. The lowest BCUT2D eigenvalue weighted by molar-refractivity contribution is -0.132. The van der Waals surface area contributed by atoms with Crippen LogP contribution in [0.5, 0.6) is 5.75 Å². The zero-order valence-electron chi connectivity index (χ0n) is 71.5. The van der Waals surface area contributed by atoms with Crippen LogP contribution in [0.4, 0.5) is 0 Å². The van der Waals surface area contributed by atoms with Gasteiger partial charge in [-0.15, -0.1) is 0 Å². The van der Waals surface area contributed by atoms with E-state index in [1.54, 1.807) is 12.1 Å². The Labute approximate surface area is 710 Å². The number of primary amides is 1. The summed E-state index contributed by atoms with van der Waals surface area (Å²) >= 11 is 0. The molecule has 0 spiro atoms. The van der Waals surface area contributed by atoms with Crippen molar-refractivity contribution in [2.24, 2.45) is 82.7 Å². The highest BCUT2D eigenvalue weighted by atomic mass is 16.3. The van der Waals surface area contributed by atoms with Gasteiger partial charge in [-0.3, -0.25) is 67.1 Å². The molecule has 22 atom stereocenters. The van der Waals surface area contributed by atoms with Gasteiger partial charge in [0, 0.05) is 141 Å². The van der Waals surface area contributed by atoms with E-state index in [0.29, 0.717) is 102 Å². The molecular formula is C87H135N19O15. The van der Waals surface area contributed by atoms with Gasteiger partial charge in [0.05, 0.1) is 89.4 Å². The molecule has 5 saturated heterocycles. The van der Waals surface area contributed by atoms with Crippen molar-refractivity contribution in [3.05, 3.63) is 65.7 Å². The number of carbonyl (C=O) groups is 14. The van der Waals surface area contributed by atoms with E-state index in [2.05, 4.69) is 110 Å². The monoisotopic (exact) mass is 1690 g/mol. The van der Waals surface area contributed by atoms with Crippen molar-refractivity contribution in [3.63, 3.8) is 0 Å². The molecule has 5 aliphatic heterocycles. The molecular weight excluding hydrogens is 1550 g/mol. The lowest BCUT2D eigenvalue weighted by Crippen LogP contribution is -2.54. The average Bonchev–Trinajstić information content (AvgIpc) is 1.71. The highest BCUT2D eigenvalue weighted by molar-refractivity contribution is 5.90. The summed E-state index contributed by atoms with van der Waals surface area (Å²) in [6.07, 6.45) is 8.26. The Balaban J connectivity index is 0.695. The van der Waals surface area contributed by atoms with Crippen molar-refractivity contribution in [3.8, 4) is 5.75 Å². The molecule has 2 aromatic rings. The molecule has 34 heteroatoms. The first-order chi connectivity index (χ1) is 57.9. The number of rotatable bonds is 42. The number of phenols is 1. The predicted molar refractivity (Wildman–Crippen MR) is 452 cm³/mol. The maximum atomic E-state index is 14.6. The Morgan fingerprint density at radius 2 is 0.752 bits per heavy atom. The van der Waals surface area contributed by atoms with Crippen LogP contribution in [0.2, 0.25) is 0 Å². The first kappa shape index (κ1) is 93.9. The zero-order chi connectivity index (χ0) is 87.0. The van der Waals surface area contributed by atoms with E-state index < -0.39 is 131 Å². The van der Waals surface area contributed by atoms with E-state index >= 15 is 0 Å². The van der Waals surface area contributed by atoms with Crippen LogP contribution >= 0.6 is 0 Å². The van der Waals surface area contributed by atoms with Crippen molar-refractivity contribution in [1.29, 1.82) is 0 Å². The van der Waals surface area contributed by atoms with Gasteiger partial charge in [0.25, 0.3) is 0 Å². The number of carbonyl (C=O) groups excluding carboxylic acids is 14. The summed E-state index contributed by atoms with van der Waals surface area (Å²) in [5.74, 6) is -10.8. The molecule has 8 aliphatic rings. The third kappa shape index (κ3) is 27.8. The van der Waals surface area contributed by atoms with Gasteiger partial charge in [-0.1, -0.05) is 110 Å². The van der Waals surface area contributed by atoms with Gasteiger partial charge in [0.2, 0.25) is 82.7 Å². The van der Waals surface area contributed by atoms with Gasteiger partial charge in [0.15, 0.2) is 0 Å². The molecule has 2 aromatic carbocycles. The number of hydrogen-bond acceptors (Lipinski definition) is 20. The minimum Gasteiger partial charge on any atom is -0.508 e. The van der Waals surface area contributed by atoms with E-state index in [0.717, 1.165) is 18.4 Å². The van der Waals surface area contributed by atoms with Crippen molar-refractivity contribution >= 4 is 82.7 Å². The van der Waals surface area contributed by atoms with Gasteiger partial charge in [-0.05, 0) is 112 Å². The van der Waals surface area contributed by atoms with Crippen LogP contribution < -0.4 is 101 Å². The summed E-state index contributed by atoms with van der Waals surface area (Å²) in [4.78, 5) is 194. The van der Waals surface area contributed by atoms with E-state index in [9.17, 15) is 72.2 Å². The summed E-state index contributed by atoms with van der Waals surface area (Å²) in [5.41, 5.74) is 7.14. The van der Waals surface area contributed by atoms with Crippen molar-refractivity contribution in [1.82, 2.24) is 95.7 Å². The van der Waals surface area contributed by atoms with Gasteiger partial charge in [-0.25, -0.2) is 0 Å². The van der Waals surface area contributed by atoms with Crippen LogP contribution in [0.1, 0.15) is 162 Å². The van der Waals surface area contributed by atoms with Crippen LogP contribution in [0.15, 0.2) is 54.6 Å². The second kappa shape index (κ2) is 45.7. The Kier molecular flexibility index (Phi) is 35.4. The largest absolute Gasteiger partial charge is 0.508 e. The molecule has 10 rings (SSSR count). The molecule has 21 N–H and O–H groups in total. The molecule has 3 aliphatic carbocycles. The Morgan fingerprint density at radius 1 is 0.380 bits per heavy atom. The quantitative estimate of drug-likeness (QED) is 0.0366. The minimum atomic E-state index is -0.857. The highest BCUT2D eigenvalue weighted by Crippen LogP contribution is 2.31. The third-order valence-corrected chi connectivity index (χ3v) is 25.8. The topological polar surface area (TPSA) is 502 Å². The van der Waals surface area contributed by atoms with Gasteiger partial charge in [-0.2, -0.15) is 0 Å². The number of hydrogen-bond donors (Lipinski definition) is 20. The molecule has 34 nitrogen and oxygen atoms in total. The van der Waals surface area contributed by atoms with E-state index in [1.807, 2.05) is 58.0 Å². The lowest BCUT2D eigenvalue weighted by Gasteiger charge is -2.28. The Morgan fingerprint density at radius 3 is 1.21 bits per heavy atom. The molecule has 121 heavy (non-hydrogen) atoms. The minimum absolute atomic E-state index is 0.0236. The summed E-state index contributed by atoms with van der Waals surface area (Å²) < 4.78 is 0. The van der Waals surface area contributed by atoms with Crippen LogP contribution in [-0.4, -0.2) is 233 Å². The second-order valence-electron chi connectivity index (χ2n) is 36.3. The van der Waals surface area contributed by atoms with Crippen LogP contribution in [0, 0.1) is 76.9 Å². The molecule has 14 amide bonds. The molecule has 3 saturated carbocycles. The second-order valence-corrected chi connectivity index (χ2v) is 36.3. The third-order valence-electron chi connectivity index (χ3n) is 25.8. The summed E-state index contributed by atoms with van der Waals surface area (Å²) in [6, 6.07) is 9.79. The van der Waals surface area contributed by atoms with E-state index in [-0.39, 0.29) is 185 Å². The normalized spacial score (nSPS) is 27.7. The standard InChI is InChI=1S/C87H135N19O15/c1-8-49(6)29-56(98-83(117)61-19-14-20-67(61)96-50(7)107)33-75(109)100-68-21-12-17-59(68)81(115)94-35-53(27-47(2)3)79(113)103-71-43-92-40-65(71)86(120)106-74-46-91-39-64(74)85(119)99-57(31-51-15-10-9-11-16-51)34-76(110)101-69-22-13-18-60(69)82(116)95-36-54(30-52-23-25-58(108)26-24-52)80(114)104-72-44-93-41-66(72)87(121)105-73-45-90-38-63(73)84(118)97-55(28-48(4)5)32-77(111)102-70-42-89-37-62(70)78(88)112/h9-11,15-16,23-26,47-49,53-57,59-74,89-93,108H,8,12-14,17-22,27-46H2,1-7H3,(H2,88,112)(H,94,115)(H,95,116)(H,96,107)(H,97,118)(H,98,117)(H,99,119)(H,100,109)(H,101,110)(H,102,111)(H,103,113)(H,104,114)(H,105,121)(H,106,120)/t49?,53-,54-,55-,56-,57-,59?,60?,61?,62?,63?,64?,65?,66?,67?,68?,69?,70?,71?,72?,73?,74?/m0/s1. The van der Waals surface area contributed by atoms with Crippen LogP contribution in [0.25, 0.3) is 0 Å². The maximum absolute atomic E-state index is 14.6. The highest BCUT2D eigenvalue weighted by Gasteiger charge is 2.46. The molecule has 17 unspecified atom stereocenters. The fourth-order valence-corrected chi connectivity index (χ4v) is 19.1. The molecule has 5 heterocycles. The number of aromatic hydroxyl groups is 1. The Bertz CT molecular complexity index is 3890. The van der Waals surface area contributed by atoms with Crippen molar-refractivity contribution in [2.45, 2.75) is 231 Å². The number of phenolic OH excluding ortho intramolecular Hbond substituents is 1. The van der Waals surface area contributed by atoms with E-state index in [1.165, 1.54) is 19.1 Å². The summed E-state index contributed by atoms with van der Waals surface area (Å²) in [7, 11) is 0. The number of nitrogens with two attached hydrogens (primary N) is 1. The van der Waals surface area contributed by atoms with E-state index in [4.69, 9.17) is 5.73 Å². The summed E-state index contributed by atoms with van der Waals surface area (Å²) in [5, 5.41) is 66.0. The van der Waals surface area contributed by atoms with Gasteiger partial charge >= 0.3 is 0 Å². The first-order valence-electron chi connectivity index (χ1n) is 44.4. The van der Waals surface area contributed by atoms with Crippen LogP contribution in [0.3, 0.4) is 0 Å². The Hall–Kier alpha value is -9.38. The molecule has 8 fully saturated rings. The molecule has 668 valence electrons. The number of amides is 14. The number of nitrogens with one attached hydrogen (secondary N) is 18. The van der Waals surface area contributed by atoms with Gasteiger partial charge < -0.3 is 107 Å².